The van der Waals surface area contributed by atoms with Crippen molar-refractivity contribution in [3.05, 3.63) is 0 Å². The lowest BCUT2D eigenvalue weighted by molar-refractivity contribution is -0.119. The zero-order chi connectivity index (χ0) is 9.64. The van der Waals surface area contributed by atoms with Crippen molar-refractivity contribution in [2.45, 2.75) is 24.8 Å². The average Bonchev–Trinajstić information content (AvgIpc) is 2.54. The normalized spacial score (nSPS) is 39.8. The van der Waals surface area contributed by atoms with Crippen LogP contribution in [-0.2, 0) is 4.79 Å². The van der Waals surface area contributed by atoms with E-state index in [1.807, 2.05) is 0 Å². The summed E-state index contributed by atoms with van der Waals surface area (Å²) < 4.78 is 25.4. The molecule has 0 radical (unpaired) electrons. The Kier molecular flexibility index (Phi) is 2.09. The molecule has 2 fully saturated rings. The van der Waals surface area contributed by atoms with Crippen LogP contribution in [0.5, 0.6) is 0 Å². The minimum absolute atomic E-state index is 0.0281. The predicted octanol–water partition coefficient (Wildman–Crippen LogP) is 1.54. The fourth-order valence-corrected chi connectivity index (χ4v) is 2.36. The van der Waals surface area contributed by atoms with E-state index in [-0.39, 0.29) is 17.3 Å². The summed E-state index contributed by atoms with van der Waals surface area (Å²) in [5.74, 6) is -3.48. The Labute approximate surface area is 83.2 Å². The zero-order valence-corrected chi connectivity index (χ0v) is 8.48. The van der Waals surface area contributed by atoms with E-state index in [1.54, 1.807) is 0 Å². The number of halogens is 3. The molecule has 0 spiro atoms. The summed E-state index contributed by atoms with van der Waals surface area (Å²) >= 11 is 3.01. The van der Waals surface area contributed by atoms with Gasteiger partial charge >= 0.3 is 0 Å². The van der Waals surface area contributed by atoms with Crippen LogP contribution in [0.1, 0.15) is 12.8 Å². The van der Waals surface area contributed by atoms with Gasteiger partial charge in [0.1, 0.15) is 0 Å². The Balaban J connectivity index is 1.81. The number of amides is 1. The first-order chi connectivity index (χ1) is 6.05. The molecule has 2 unspecified atom stereocenters. The molecule has 2 rings (SSSR count). The van der Waals surface area contributed by atoms with Crippen LogP contribution in [0, 0.1) is 11.8 Å². The van der Waals surface area contributed by atoms with E-state index in [0.717, 1.165) is 0 Å². The number of fused-ring (bicyclic) bond motifs is 1. The van der Waals surface area contributed by atoms with Gasteiger partial charge in [0.05, 0.1) is 5.33 Å². The Morgan fingerprint density at radius 3 is 2.46 bits per heavy atom. The standard InChI is InChI=1S/C8H10BrF2NO/c9-3-7(13)12-4-1-5-6(2-4)8(5,10)11/h4-6H,1-3H2,(H,12,13). The average molecular weight is 254 g/mol. The molecular weight excluding hydrogens is 244 g/mol. The second-order valence-electron chi connectivity index (χ2n) is 3.76. The molecule has 0 aromatic carbocycles. The van der Waals surface area contributed by atoms with Crippen molar-refractivity contribution in [3.63, 3.8) is 0 Å². The van der Waals surface area contributed by atoms with Crippen LogP contribution in [0.25, 0.3) is 0 Å². The van der Waals surface area contributed by atoms with Crippen molar-refractivity contribution < 1.29 is 13.6 Å². The first-order valence-electron chi connectivity index (χ1n) is 4.29. The van der Waals surface area contributed by atoms with Gasteiger partial charge in [-0.3, -0.25) is 4.79 Å². The highest BCUT2D eigenvalue weighted by Gasteiger charge is 2.71. The van der Waals surface area contributed by atoms with Gasteiger partial charge in [0.2, 0.25) is 5.91 Å². The lowest BCUT2D eigenvalue weighted by Crippen LogP contribution is -2.35. The van der Waals surface area contributed by atoms with Crippen molar-refractivity contribution in [2.75, 3.05) is 5.33 Å². The van der Waals surface area contributed by atoms with Crippen LogP contribution in [0.2, 0.25) is 0 Å². The lowest BCUT2D eigenvalue weighted by atomic mass is 10.1. The number of hydrogen-bond acceptors (Lipinski definition) is 1. The Hall–Kier alpha value is -0.190. The van der Waals surface area contributed by atoms with E-state index >= 15 is 0 Å². The van der Waals surface area contributed by atoms with Gasteiger partial charge in [-0.2, -0.15) is 0 Å². The van der Waals surface area contributed by atoms with Crippen LogP contribution in [-0.4, -0.2) is 23.2 Å². The molecular formula is C8H10BrF2NO. The highest BCUT2D eigenvalue weighted by molar-refractivity contribution is 9.09. The molecule has 0 aromatic heterocycles. The molecule has 74 valence electrons. The van der Waals surface area contributed by atoms with Gasteiger partial charge in [-0.25, -0.2) is 8.78 Å². The van der Waals surface area contributed by atoms with E-state index in [9.17, 15) is 13.6 Å². The molecule has 0 saturated heterocycles. The van der Waals surface area contributed by atoms with Gasteiger partial charge in [-0.15, -0.1) is 0 Å². The van der Waals surface area contributed by atoms with Crippen molar-refractivity contribution in [3.8, 4) is 0 Å². The Morgan fingerprint density at radius 2 is 2.00 bits per heavy atom. The predicted molar refractivity (Wildman–Crippen MR) is 46.9 cm³/mol. The molecule has 1 N–H and O–H groups in total. The van der Waals surface area contributed by atoms with Crippen LogP contribution in [0.3, 0.4) is 0 Å². The third kappa shape index (κ3) is 1.47. The number of rotatable bonds is 2. The van der Waals surface area contributed by atoms with Crippen LogP contribution >= 0.6 is 15.9 Å². The molecule has 2 nitrogen and oxygen atoms in total. The summed E-state index contributed by atoms with van der Waals surface area (Å²) in [6.45, 7) is 0. The third-order valence-electron chi connectivity index (χ3n) is 2.93. The van der Waals surface area contributed by atoms with Crippen molar-refractivity contribution >= 4 is 21.8 Å². The summed E-state index contributed by atoms with van der Waals surface area (Å²) in [5.41, 5.74) is 0. The third-order valence-corrected chi connectivity index (χ3v) is 3.44. The second kappa shape index (κ2) is 2.90. The van der Waals surface area contributed by atoms with E-state index in [2.05, 4.69) is 21.2 Å². The maximum Gasteiger partial charge on any atom is 0.254 e. The molecule has 2 saturated carbocycles. The summed E-state index contributed by atoms with van der Waals surface area (Å²) in [5, 5.41) is 2.95. The number of carbonyl (C=O) groups excluding carboxylic acids is 1. The first-order valence-corrected chi connectivity index (χ1v) is 5.41. The van der Waals surface area contributed by atoms with Crippen molar-refractivity contribution in [2.24, 2.45) is 11.8 Å². The van der Waals surface area contributed by atoms with Gasteiger partial charge in [0.25, 0.3) is 5.92 Å². The summed E-state index contributed by atoms with van der Waals surface area (Å²) in [6, 6.07) is -0.0281. The maximum absolute atomic E-state index is 12.7. The molecule has 2 atom stereocenters. The summed E-state index contributed by atoms with van der Waals surface area (Å²) in [7, 11) is 0. The van der Waals surface area contributed by atoms with E-state index < -0.39 is 17.8 Å². The highest BCUT2D eigenvalue weighted by Crippen LogP contribution is 2.63. The van der Waals surface area contributed by atoms with Crippen LogP contribution < -0.4 is 5.32 Å². The first kappa shape index (κ1) is 9.37. The molecule has 0 aromatic rings. The molecule has 5 heteroatoms. The number of carbonyl (C=O) groups is 1. The highest BCUT2D eigenvalue weighted by atomic mass is 79.9. The number of alkyl halides is 3. The smallest absolute Gasteiger partial charge is 0.254 e. The minimum atomic E-state index is -2.43. The quantitative estimate of drug-likeness (QED) is 0.744. The van der Waals surface area contributed by atoms with E-state index in [4.69, 9.17) is 0 Å². The number of nitrogens with one attached hydrogen (secondary N) is 1. The molecule has 0 heterocycles. The zero-order valence-electron chi connectivity index (χ0n) is 6.90. The van der Waals surface area contributed by atoms with Gasteiger partial charge in [-0.1, -0.05) is 15.9 Å². The lowest BCUT2D eigenvalue weighted by Gasteiger charge is -2.14. The van der Waals surface area contributed by atoms with Gasteiger partial charge in [-0.05, 0) is 12.8 Å². The largest absolute Gasteiger partial charge is 0.353 e. The maximum atomic E-state index is 12.7. The number of hydrogen-bond donors (Lipinski definition) is 1. The van der Waals surface area contributed by atoms with Crippen LogP contribution in [0.4, 0.5) is 8.78 Å². The monoisotopic (exact) mass is 253 g/mol. The molecule has 13 heavy (non-hydrogen) atoms. The minimum Gasteiger partial charge on any atom is -0.353 e. The molecule has 2 aliphatic rings. The molecule has 0 bridgehead atoms. The fourth-order valence-electron chi connectivity index (χ4n) is 2.20. The topological polar surface area (TPSA) is 29.1 Å². The molecule has 1 amide bonds. The van der Waals surface area contributed by atoms with Gasteiger partial charge < -0.3 is 5.32 Å². The van der Waals surface area contributed by atoms with E-state index in [0.29, 0.717) is 12.8 Å². The Bertz CT molecular complexity index is 232. The van der Waals surface area contributed by atoms with Crippen molar-refractivity contribution in [1.82, 2.24) is 5.32 Å². The SMILES string of the molecule is O=C(CBr)NC1CC2C(C1)C2(F)F. The Morgan fingerprint density at radius 1 is 1.46 bits per heavy atom. The second-order valence-corrected chi connectivity index (χ2v) is 4.32. The molecule has 2 aliphatic carbocycles. The van der Waals surface area contributed by atoms with Crippen molar-refractivity contribution in [1.29, 1.82) is 0 Å². The molecule has 0 aliphatic heterocycles. The summed E-state index contributed by atoms with van der Waals surface area (Å²) in [4.78, 5) is 10.9. The van der Waals surface area contributed by atoms with Gasteiger partial charge in [0, 0.05) is 17.9 Å². The summed E-state index contributed by atoms with van der Waals surface area (Å²) in [6.07, 6.45) is 0.882. The van der Waals surface area contributed by atoms with Crippen LogP contribution in [0.15, 0.2) is 0 Å². The van der Waals surface area contributed by atoms with E-state index in [1.165, 1.54) is 0 Å². The fraction of sp³-hybridized carbons (Fsp3) is 0.875. The van der Waals surface area contributed by atoms with Gasteiger partial charge in [0.15, 0.2) is 0 Å².